The van der Waals surface area contributed by atoms with Crippen LogP contribution in [0, 0.1) is 29.6 Å². The highest BCUT2D eigenvalue weighted by Gasteiger charge is 2.28. The molecule has 3 rings (SSSR count). The predicted molar refractivity (Wildman–Crippen MR) is 102 cm³/mol. The van der Waals surface area contributed by atoms with Crippen LogP contribution in [0.2, 0.25) is 0 Å². The van der Waals surface area contributed by atoms with Crippen molar-refractivity contribution in [1.82, 2.24) is 0 Å². The van der Waals surface area contributed by atoms with Crippen LogP contribution < -0.4 is 0 Å². The highest BCUT2D eigenvalue weighted by molar-refractivity contribution is 4.80. The first-order valence-electron chi connectivity index (χ1n) is 11.3. The second kappa shape index (κ2) is 9.47. The number of hydrogen-bond acceptors (Lipinski definition) is 0. The van der Waals surface area contributed by atoms with Crippen molar-refractivity contribution >= 4 is 0 Å². The minimum Gasteiger partial charge on any atom is -0.0625 e. The summed E-state index contributed by atoms with van der Waals surface area (Å²) in [4.78, 5) is 0. The van der Waals surface area contributed by atoms with E-state index in [9.17, 15) is 0 Å². The standard InChI is InChI=1S/C23H42/c1-19-10-8-15-21(20-11-4-2-5-12-20)16-9-17-23(18-19)22-13-6-3-7-14-22/h19-23H,2-18H2,1H3. The lowest BCUT2D eigenvalue weighted by Gasteiger charge is -2.35. The van der Waals surface area contributed by atoms with Crippen LogP contribution in [0.5, 0.6) is 0 Å². The predicted octanol–water partition coefficient (Wildman–Crippen LogP) is 7.76. The van der Waals surface area contributed by atoms with Crippen molar-refractivity contribution < 1.29 is 0 Å². The molecule has 0 bridgehead atoms. The molecular weight excluding hydrogens is 276 g/mol. The van der Waals surface area contributed by atoms with Gasteiger partial charge in [0.2, 0.25) is 0 Å². The summed E-state index contributed by atoms with van der Waals surface area (Å²) in [5.74, 6) is 5.36. The molecule has 3 aliphatic carbocycles. The molecule has 0 aliphatic heterocycles. The zero-order chi connectivity index (χ0) is 15.9. The number of hydrogen-bond donors (Lipinski definition) is 0. The van der Waals surface area contributed by atoms with Crippen LogP contribution in [0.25, 0.3) is 0 Å². The molecule has 0 heterocycles. The fourth-order valence-corrected chi connectivity index (χ4v) is 6.38. The lowest BCUT2D eigenvalue weighted by atomic mass is 9.70. The Bertz CT molecular complexity index is 308. The van der Waals surface area contributed by atoms with Gasteiger partial charge < -0.3 is 0 Å². The van der Waals surface area contributed by atoms with Crippen LogP contribution in [-0.4, -0.2) is 0 Å². The molecular formula is C23H42. The first-order valence-corrected chi connectivity index (χ1v) is 11.3. The average Bonchev–Trinajstić information content (AvgIpc) is 2.61. The molecule has 0 saturated heterocycles. The van der Waals surface area contributed by atoms with Crippen LogP contribution in [0.15, 0.2) is 0 Å². The largest absolute Gasteiger partial charge is 0.0625 e. The van der Waals surface area contributed by atoms with E-state index in [4.69, 9.17) is 0 Å². The van der Waals surface area contributed by atoms with Crippen LogP contribution in [0.1, 0.15) is 116 Å². The van der Waals surface area contributed by atoms with Gasteiger partial charge in [-0.3, -0.25) is 0 Å². The molecule has 0 aromatic carbocycles. The fourth-order valence-electron chi connectivity index (χ4n) is 6.38. The van der Waals surface area contributed by atoms with E-state index in [-0.39, 0.29) is 0 Å². The van der Waals surface area contributed by atoms with Crippen LogP contribution in [-0.2, 0) is 0 Å². The summed E-state index contributed by atoms with van der Waals surface area (Å²) in [6, 6.07) is 0. The third kappa shape index (κ3) is 5.50. The lowest BCUT2D eigenvalue weighted by Crippen LogP contribution is -2.23. The topological polar surface area (TPSA) is 0 Å². The molecule has 23 heavy (non-hydrogen) atoms. The summed E-state index contributed by atoms with van der Waals surface area (Å²) >= 11 is 0. The summed E-state index contributed by atoms with van der Waals surface area (Å²) < 4.78 is 0. The Kier molecular flexibility index (Phi) is 7.34. The van der Waals surface area contributed by atoms with Gasteiger partial charge in [-0.2, -0.15) is 0 Å². The molecule has 0 aromatic rings. The van der Waals surface area contributed by atoms with E-state index in [1.807, 2.05) is 0 Å². The molecule has 0 amide bonds. The van der Waals surface area contributed by atoms with Gasteiger partial charge in [0.25, 0.3) is 0 Å². The zero-order valence-corrected chi connectivity index (χ0v) is 15.9. The highest BCUT2D eigenvalue weighted by Crippen LogP contribution is 2.41. The van der Waals surface area contributed by atoms with Crippen LogP contribution in [0.3, 0.4) is 0 Å². The van der Waals surface area contributed by atoms with E-state index >= 15 is 0 Å². The zero-order valence-electron chi connectivity index (χ0n) is 15.9. The number of rotatable bonds is 2. The van der Waals surface area contributed by atoms with Crippen molar-refractivity contribution in [2.75, 3.05) is 0 Å². The minimum atomic E-state index is 0.993. The van der Waals surface area contributed by atoms with E-state index in [0.29, 0.717) is 0 Å². The first kappa shape index (κ1) is 17.8. The van der Waals surface area contributed by atoms with Gasteiger partial charge in [-0.05, 0) is 36.0 Å². The third-order valence-corrected chi connectivity index (χ3v) is 7.76. The molecule has 3 fully saturated rings. The van der Waals surface area contributed by atoms with Gasteiger partial charge in [0, 0.05) is 0 Å². The maximum atomic E-state index is 2.56. The Morgan fingerprint density at radius 2 is 0.783 bits per heavy atom. The molecule has 3 unspecified atom stereocenters. The van der Waals surface area contributed by atoms with Gasteiger partial charge >= 0.3 is 0 Å². The Labute approximate surface area is 146 Å². The maximum Gasteiger partial charge on any atom is -0.0383 e. The Morgan fingerprint density at radius 3 is 1.35 bits per heavy atom. The molecule has 134 valence electrons. The summed E-state index contributed by atoms with van der Waals surface area (Å²) in [5, 5.41) is 0. The maximum absolute atomic E-state index is 2.56. The quantitative estimate of drug-likeness (QED) is 0.488. The summed E-state index contributed by atoms with van der Waals surface area (Å²) in [6.07, 6.45) is 26.2. The van der Waals surface area contributed by atoms with E-state index in [1.54, 1.807) is 57.8 Å². The smallest absolute Gasteiger partial charge is 0.0383 e. The summed E-state index contributed by atoms with van der Waals surface area (Å²) in [5.41, 5.74) is 0. The minimum absolute atomic E-state index is 0.993. The monoisotopic (exact) mass is 318 g/mol. The van der Waals surface area contributed by atoms with Gasteiger partial charge in [-0.1, -0.05) is 110 Å². The normalized spacial score (nSPS) is 36.7. The van der Waals surface area contributed by atoms with Gasteiger partial charge in [0.1, 0.15) is 0 Å². The lowest BCUT2D eigenvalue weighted by molar-refractivity contribution is 0.163. The van der Waals surface area contributed by atoms with Crippen molar-refractivity contribution in [3.8, 4) is 0 Å². The van der Waals surface area contributed by atoms with Gasteiger partial charge in [0.15, 0.2) is 0 Å². The molecule has 3 atom stereocenters. The van der Waals surface area contributed by atoms with Gasteiger partial charge in [-0.25, -0.2) is 0 Å². The molecule has 0 radical (unpaired) electrons. The average molecular weight is 319 g/mol. The molecule has 0 heteroatoms. The van der Waals surface area contributed by atoms with Crippen molar-refractivity contribution in [3.63, 3.8) is 0 Å². The first-order chi connectivity index (χ1) is 11.3. The second-order valence-corrected chi connectivity index (χ2v) is 9.52. The second-order valence-electron chi connectivity index (χ2n) is 9.52. The highest BCUT2D eigenvalue weighted by atomic mass is 14.3. The van der Waals surface area contributed by atoms with Crippen molar-refractivity contribution in [2.45, 2.75) is 116 Å². The molecule has 3 saturated carbocycles. The van der Waals surface area contributed by atoms with Crippen molar-refractivity contribution in [2.24, 2.45) is 29.6 Å². The van der Waals surface area contributed by atoms with E-state index < -0.39 is 0 Å². The van der Waals surface area contributed by atoms with E-state index in [1.165, 1.54) is 51.4 Å². The molecule has 3 aliphatic rings. The summed E-state index contributed by atoms with van der Waals surface area (Å²) in [6.45, 7) is 2.56. The van der Waals surface area contributed by atoms with Gasteiger partial charge in [0.05, 0.1) is 0 Å². The molecule has 0 spiro atoms. The molecule has 0 N–H and O–H groups in total. The van der Waals surface area contributed by atoms with Gasteiger partial charge in [-0.15, -0.1) is 0 Å². The molecule has 0 nitrogen and oxygen atoms in total. The van der Waals surface area contributed by atoms with Crippen LogP contribution >= 0.6 is 0 Å². The Balaban J connectivity index is 1.55. The Hall–Kier alpha value is 0. The van der Waals surface area contributed by atoms with E-state index in [2.05, 4.69) is 6.92 Å². The SMILES string of the molecule is CC1CCCC(C2CCCCC2)CCCC(C2CCCCC2)C1. The molecule has 0 aromatic heterocycles. The fraction of sp³-hybridized carbons (Fsp3) is 1.00. The third-order valence-electron chi connectivity index (χ3n) is 7.76. The van der Waals surface area contributed by atoms with Crippen molar-refractivity contribution in [3.05, 3.63) is 0 Å². The summed E-state index contributed by atoms with van der Waals surface area (Å²) in [7, 11) is 0. The van der Waals surface area contributed by atoms with Crippen molar-refractivity contribution in [1.29, 1.82) is 0 Å². The Morgan fingerprint density at radius 1 is 0.391 bits per heavy atom. The van der Waals surface area contributed by atoms with Crippen LogP contribution in [0.4, 0.5) is 0 Å². The van der Waals surface area contributed by atoms with E-state index in [0.717, 1.165) is 29.6 Å².